The molecule has 0 unspecified atom stereocenters. The molecule has 2 heterocycles. The van der Waals surface area contributed by atoms with Crippen LogP contribution in [-0.4, -0.2) is 9.78 Å². The predicted molar refractivity (Wildman–Crippen MR) is 55.6 cm³/mol. The van der Waals surface area contributed by atoms with Crippen LogP contribution >= 0.6 is 11.3 Å². The standard InChI is InChI=1S/C9H10FN3S/c1-5-3-6(14-4-5)8-7(10)9(11)13(2)12-8/h3-4H,11H2,1-2H3. The Balaban J connectivity index is 2.57. The van der Waals surface area contributed by atoms with Crippen LogP contribution < -0.4 is 5.73 Å². The molecule has 0 fully saturated rings. The van der Waals surface area contributed by atoms with Crippen molar-refractivity contribution in [3.63, 3.8) is 0 Å². The summed E-state index contributed by atoms with van der Waals surface area (Å²) in [7, 11) is 1.63. The Hall–Kier alpha value is -1.36. The van der Waals surface area contributed by atoms with E-state index >= 15 is 0 Å². The van der Waals surface area contributed by atoms with Crippen LogP contribution in [0.25, 0.3) is 10.6 Å². The SMILES string of the molecule is Cc1csc(-c2nn(C)c(N)c2F)c1. The molecular formula is C9H10FN3S. The Labute approximate surface area is 85.0 Å². The van der Waals surface area contributed by atoms with Gasteiger partial charge in [-0.25, -0.2) is 9.07 Å². The minimum absolute atomic E-state index is 0.0750. The van der Waals surface area contributed by atoms with Gasteiger partial charge in [-0.05, 0) is 23.9 Å². The lowest BCUT2D eigenvalue weighted by atomic mass is 10.3. The molecule has 0 aliphatic carbocycles. The second-order valence-electron chi connectivity index (χ2n) is 3.16. The highest BCUT2D eigenvalue weighted by Crippen LogP contribution is 2.29. The molecule has 3 nitrogen and oxygen atoms in total. The Morgan fingerprint density at radius 2 is 2.29 bits per heavy atom. The number of halogens is 1. The molecule has 2 aromatic heterocycles. The van der Waals surface area contributed by atoms with Gasteiger partial charge in [0.2, 0.25) is 0 Å². The number of hydrogen-bond donors (Lipinski definition) is 1. The summed E-state index contributed by atoms with van der Waals surface area (Å²) in [6, 6.07) is 1.90. The largest absolute Gasteiger partial charge is 0.381 e. The summed E-state index contributed by atoms with van der Waals surface area (Å²) >= 11 is 1.47. The monoisotopic (exact) mass is 211 g/mol. The Kier molecular flexibility index (Phi) is 2.03. The molecule has 2 N–H and O–H groups in total. The molecule has 0 amide bonds. The second kappa shape index (κ2) is 3.09. The van der Waals surface area contributed by atoms with E-state index in [-0.39, 0.29) is 5.82 Å². The fourth-order valence-electron chi connectivity index (χ4n) is 1.22. The molecule has 74 valence electrons. The number of thiophene rings is 1. The van der Waals surface area contributed by atoms with E-state index in [2.05, 4.69) is 5.10 Å². The lowest BCUT2D eigenvalue weighted by Crippen LogP contribution is -1.97. The average Bonchev–Trinajstić information content (AvgIpc) is 2.66. The van der Waals surface area contributed by atoms with Crippen LogP contribution in [0, 0.1) is 12.7 Å². The third-order valence-electron chi connectivity index (χ3n) is 2.00. The maximum absolute atomic E-state index is 13.5. The summed E-state index contributed by atoms with van der Waals surface area (Å²) in [5, 5.41) is 5.98. The molecule has 0 spiro atoms. The van der Waals surface area contributed by atoms with Gasteiger partial charge in [0.05, 0.1) is 4.88 Å². The normalized spacial score (nSPS) is 10.8. The lowest BCUT2D eigenvalue weighted by Gasteiger charge is -1.88. The first kappa shape index (κ1) is 9.21. The molecule has 5 heteroatoms. The van der Waals surface area contributed by atoms with Crippen molar-refractivity contribution in [3.05, 3.63) is 22.8 Å². The zero-order valence-electron chi connectivity index (χ0n) is 7.91. The van der Waals surface area contributed by atoms with Gasteiger partial charge >= 0.3 is 0 Å². The topological polar surface area (TPSA) is 43.8 Å². The molecule has 2 rings (SSSR count). The maximum atomic E-state index is 13.5. The van der Waals surface area contributed by atoms with Crippen LogP contribution in [0.15, 0.2) is 11.4 Å². The summed E-state index contributed by atoms with van der Waals surface area (Å²) in [5.41, 5.74) is 6.92. The van der Waals surface area contributed by atoms with Crippen molar-refractivity contribution in [1.29, 1.82) is 0 Å². The number of nitrogens with zero attached hydrogens (tertiary/aromatic N) is 2. The molecule has 0 aliphatic heterocycles. The van der Waals surface area contributed by atoms with E-state index in [0.29, 0.717) is 5.69 Å². The zero-order valence-corrected chi connectivity index (χ0v) is 8.73. The molecular weight excluding hydrogens is 201 g/mol. The highest BCUT2D eigenvalue weighted by molar-refractivity contribution is 7.13. The summed E-state index contributed by atoms with van der Waals surface area (Å²) in [6.45, 7) is 1.96. The number of aromatic nitrogens is 2. The molecule has 0 atom stereocenters. The Morgan fingerprint density at radius 1 is 1.57 bits per heavy atom. The minimum Gasteiger partial charge on any atom is -0.381 e. The van der Waals surface area contributed by atoms with Gasteiger partial charge in [0.15, 0.2) is 11.6 Å². The van der Waals surface area contributed by atoms with Crippen LogP contribution in [0.4, 0.5) is 10.2 Å². The van der Waals surface area contributed by atoms with E-state index in [1.807, 2.05) is 18.4 Å². The molecule has 2 aromatic rings. The van der Waals surface area contributed by atoms with Crippen LogP contribution in [0.3, 0.4) is 0 Å². The number of anilines is 1. The summed E-state index contributed by atoms with van der Waals surface area (Å²) in [5.74, 6) is -0.361. The van der Waals surface area contributed by atoms with Crippen LogP contribution in [0.1, 0.15) is 5.56 Å². The number of nitrogen functional groups attached to an aromatic ring is 1. The minimum atomic E-state index is -0.436. The molecule has 0 radical (unpaired) electrons. The van der Waals surface area contributed by atoms with Crippen molar-refractivity contribution in [2.75, 3.05) is 5.73 Å². The third kappa shape index (κ3) is 1.29. The van der Waals surface area contributed by atoms with E-state index in [4.69, 9.17) is 5.73 Å². The van der Waals surface area contributed by atoms with Gasteiger partial charge in [0.25, 0.3) is 0 Å². The smallest absolute Gasteiger partial charge is 0.193 e. The van der Waals surface area contributed by atoms with E-state index in [1.54, 1.807) is 7.05 Å². The van der Waals surface area contributed by atoms with E-state index in [9.17, 15) is 4.39 Å². The van der Waals surface area contributed by atoms with E-state index in [1.165, 1.54) is 16.0 Å². The van der Waals surface area contributed by atoms with Gasteiger partial charge < -0.3 is 5.73 Å². The first-order chi connectivity index (χ1) is 6.59. The van der Waals surface area contributed by atoms with Crippen molar-refractivity contribution in [3.8, 4) is 10.6 Å². The quantitative estimate of drug-likeness (QED) is 0.785. The number of aryl methyl sites for hydroxylation is 2. The van der Waals surface area contributed by atoms with Gasteiger partial charge in [0.1, 0.15) is 5.69 Å². The number of hydrogen-bond acceptors (Lipinski definition) is 3. The van der Waals surface area contributed by atoms with Crippen molar-refractivity contribution >= 4 is 17.2 Å². The summed E-state index contributed by atoms with van der Waals surface area (Å²) in [6.07, 6.45) is 0. The number of nitrogens with two attached hydrogens (primary N) is 1. The summed E-state index contributed by atoms with van der Waals surface area (Å²) in [4.78, 5) is 0.812. The first-order valence-electron chi connectivity index (χ1n) is 4.13. The average molecular weight is 211 g/mol. The zero-order chi connectivity index (χ0) is 10.3. The number of rotatable bonds is 1. The van der Waals surface area contributed by atoms with E-state index < -0.39 is 5.82 Å². The fraction of sp³-hybridized carbons (Fsp3) is 0.222. The molecule has 0 saturated carbocycles. The van der Waals surface area contributed by atoms with Crippen molar-refractivity contribution in [2.45, 2.75) is 6.92 Å². The predicted octanol–water partition coefficient (Wildman–Crippen LogP) is 2.18. The van der Waals surface area contributed by atoms with Crippen LogP contribution in [-0.2, 0) is 7.05 Å². The van der Waals surface area contributed by atoms with E-state index in [0.717, 1.165) is 10.4 Å². The first-order valence-corrected chi connectivity index (χ1v) is 5.01. The van der Waals surface area contributed by atoms with Crippen molar-refractivity contribution in [2.24, 2.45) is 7.05 Å². The molecule has 0 aromatic carbocycles. The molecule has 0 saturated heterocycles. The highest BCUT2D eigenvalue weighted by Gasteiger charge is 2.16. The van der Waals surface area contributed by atoms with Gasteiger partial charge in [-0.15, -0.1) is 11.3 Å². The van der Waals surface area contributed by atoms with Crippen LogP contribution in [0.5, 0.6) is 0 Å². The second-order valence-corrected chi connectivity index (χ2v) is 4.07. The Morgan fingerprint density at radius 3 is 2.71 bits per heavy atom. The fourth-order valence-corrected chi connectivity index (χ4v) is 2.10. The summed E-state index contributed by atoms with van der Waals surface area (Å²) < 4.78 is 14.9. The van der Waals surface area contributed by atoms with Crippen molar-refractivity contribution < 1.29 is 4.39 Å². The van der Waals surface area contributed by atoms with Gasteiger partial charge in [-0.2, -0.15) is 5.10 Å². The lowest BCUT2D eigenvalue weighted by molar-refractivity contribution is 0.634. The molecule has 0 aliphatic rings. The van der Waals surface area contributed by atoms with Crippen LogP contribution in [0.2, 0.25) is 0 Å². The maximum Gasteiger partial charge on any atom is 0.193 e. The molecule has 0 bridgehead atoms. The third-order valence-corrected chi connectivity index (χ3v) is 3.05. The van der Waals surface area contributed by atoms with Gasteiger partial charge in [-0.1, -0.05) is 0 Å². The van der Waals surface area contributed by atoms with Gasteiger partial charge in [-0.3, -0.25) is 0 Å². The Bertz CT molecular complexity index is 472. The van der Waals surface area contributed by atoms with Crippen molar-refractivity contribution in [1.82, 2.24) is 9.78 Å². The van der Waals surface area contributed by atoms with Gasteiger partial charge in [0, 0.05) is 7.05 Å². The molecule has 14 heavy (non-hydrogen) atoms. The highest BCUT2D eigenvalue weighted by atomic mass is 32.1.